The fourth-order valence-corrected chi connectivity index (χ4v) is 3.21. The molecule has 2 aromatic rings. The minimum atomic E-state index is -0.729. The summed E-state index contributed by atoms with van der Waals surface area (Å²) in [5.74, 6) is -0.432. The molecule has 1 fully saturated rings. The number of rotatable bonds is 3. The van der Waals surface area contributed by atoms with Crippen molar-refractivity contribution >= 4 is 27.5 Å². The van der Waals surface area contributed by atoms with Gasteiger partial charge in [0.2, 0.25) is 5.91 Å². The Bertz CT molecular complexity index is 682. The van der Waals surface area contributed by atoms with Crippen molar-refractivity contribution in [2.45, 2.75) is 24.7 Å². The molecule has 1 amide bonds. The second-order valence-electron chi connectivity index (χ2n) is 5.38. The van der Waals surface area contributed by atoms with E-state index in [4.69, 9.17) is 0 Å². The summed E-state index contributed by atoms with van der Waals surface area (Å²) in [7, 11) is 0. The zero-order chi connectivity index (χ0) is 14.9. The maximum Gasteiger partial charge on any atom is 0.235 e. The molecule has 0 spiro atoms. The zero-order valence-corrected chi connectivity index (χ0v) is 13.0. The topological polar surface area (TPSA) is 29.1 Å². The van der Waals surface area contributed by atoms with Gasteiger partial charge in [0.1, 0.15) is 5.82 Å². The maximum atomic E-state index is 14.1. The van der Waals surface area contributed by atoms with E-state index in [1.807, 2.05) is 24.3 Å². The largest absolute Gasteiger partial charge is 0.325 e. The predicted octanol–water partition coefficient (Wildman–Crippen LogP) is 4.65. The highest BCUT2D eigenvalue weighted by atomic mass is 79.9. The average Bonchev–Trinajstić information content (AvgIpc) is 2.39. The molecule has 0 bridgehead atoms. The molecule has 1 saturated carbocycles. The number of anilines is 1. The van der Waals surface area contributed by atoms with Crippen molar-refractivity contribution < 1.29 is 9.18 Å². The summed E-state index contributed by atoms with van der Waals surface area (Å²) in [5, 5.41) is 2.92. The quantitative estimate of drug-likeness (QED) is 0.860. The van der Waals surface area contributed by atoms with Gasteiger partial charge in [-0.15, -0.1) is 0 Å². The Labute approximate surface area is 131 Å². The second-order valence-corrected chi connectivity index (χ2v) is 6.30. The van der Waals surface area contributed by atoms with Crippen LogP contribution in [-0.4, -0.2) is 5.91 Å². The number of carbonyl (C=O) groups is 1. The van der Waals surface area contributed by atoms with Gasteiger partial charge in [-0.2, -0.15) is 0 Å². The molecule has 108 valence electrons. The van der Waals surface area contributed by atoms with Crippen molar-refractivity contribution in [3.05, 3.63) is 64.4 Å². The summed E-state index contributed by atoms with van der Waals surface area (Å²) >= 11 is 3.38. The van der Waals surface area contributed by atoms with Crippen molar-refractivity contribution in [3.63, 3.8) is 0 Å². The van der Waals surface area contributed by atoms with Crippen LogP contribution in [-0.2, 0) is 10.2 Å². The van der Waals surface area contributed by atoms with Gasteiger partial charge in [-0.3, -0.25) is 4.79 Å². The molecule has 4 heteroatoms. The number of carbonyl (C=O) groups excluding carboxylic acids is 1. The first-order chi connectivity index (χ1) is 10.1. The molecule has 2 aromatic carbocycles. The highest BCUT2D eigenvalue weighted by molar-refractivity contribution is 9.10. The number of hydrogen-bond donors (Lipinski definition) is 1. The van der Waals surface area contributed by atoms with Crippen LogP contribution in [0.5, 0.6) is 0 Å². The lowest BCUT2D eigenvalue weighted by Crippen LogP contribution is -2.46. The number of benzene rings is 2. The van der Waals surface area contributed by atoms with Crippen LogP contribution in [0.15, 0.2) is 53.0 Å². The molecule has 1 aliphatic rings. The van der Waals surface area contributed by atoms with E-state index < -0.39 is 5.41 Å². The van der Waals surface area contributed by atoms with Gasteiger partial charge >= 0.3 is 0 Å². The van der Waals surface area contributed by atoms with Crippen molar-refractivity contribution in [1.29, 1.82) is 0 Å². The molecule has 21 heavy (non-hydrogen) atoms. The Morgan fingerprint density at radius 1 is 1.14 bits per heavy atom. The maximum absolute atomic E-state index is 14.1. The SMILES string of the molecule is O=C(Nc1cccc(Br)c1)C1(c2ccccc2F)CCC1. The molecule has 0 atom stereocenters. The molecule has 2 nitrogen and oxygen atoms in total. The zero-order valence-electron chi connectivity index (χ0n) is 11.4. The summed E-state index contributed by atoms with van der Waals surface area (Å²) < 4.78 is 15.0. The first-order valence-corrected chi connectivity index (χ1v) is 7.73. The van der Waals surface area contributed by atoms with Crippen molar-refractivity contribution in [2.24, 2.45) is 0 Å². The van der Waals surface area contributed by atoms with Crippen molar-refractivity contribution in [3.8, 4) is 0 Å². The molecule has 3 rings (SSSR count). The minimum Gasteiger partial charge on any atom is -0.325 e. The Morgan fingerprint density at radius 3 is 2.52 bits per heavy atom. The first kappa shape index (κ1) is 14.3. The van der Waals surface area contributed by atoms with Crippen LogP contribution in [0.25, 0.3) is 0 Å². The summed E-state index contributed by atoms with van der Waals surface area (Å²) in [6, 6.07) is 14.0. The Hall–Kier alpha value is -1.68. The van der Waals surface area contributed by atoms with Crippen LogP contribution < -0.4 is 5.32 Å². The van der Waals surface area contributed by atoms with Crippen molar-refractivity contribution in [2.75, 3.05) is 5.32 Å². The van der Waals surface area contributed by atoms with Gasteiger partial charge in [-0.1, -0.05) is 46.6 Å². The standard InChI is InChI=1S/C17H15BrFNO/c18-12-5-3-6-13(11-12)20-16(21)17(9-4-10-17)14-7-1-2-8-15(14)19/h1-3,5-8,11H,4,9-10H2,(H,20,21). The molecule has 0 unspecified atom stereocenters. The van der Waals surface area contributed by atoms with E-state index >= 15 is 0 Å². The van der Waals surface area contributed by atoms with Crippen LogP contribution in [0, 0.1) is 5.82 Å². The Morgan fingerprint density at radius 2 is 1.90 bits per heavy atom. The Kier molecular flexibility index (Phi) is 3.81. The minimum absolute atomic E-state index is 0.128. The van der Waals surface area contributed by atoms with Gasteiger partial charge in [0.15, 0.2) is 0 Å². The van der Waals surface area contributed by atoms with Gasteiger partial charge in [-0.25, -0.2) is 4.39 Å². The van der Waals surface area contributed by atoms with Crippen LogP contribution in [0.1, 0.15) is 24.8 Å². The monoisotopic (exact) mass is 347 g/mol. The third kappa shape index (κ3) is 2.60. The number of amides is 1. The molecule has 0 aliphatic heterocycles. The van der Waals surface area contributed by atoms with E-state index in [-0.39, 0.29) is 11.7 Å². The fourth-order valence-electron chi connectivity index (χ4n) is 2.82. The summed E-state index contributed by atoms with van der Waals surface area (Å²) in [6.07, 6.45) is 2.32. The van der Waals surface area contributed by atoms with Crippen LogP contribution in [0.4, 0.5) is 10.1 Å². The fraction of sp³-hybridized carbons (Fsp3) is 0.235. The van der Waals surface area contributed by atoms with E-state index in [0.29, 0.717) is 18.4 Å². The van der Waals surface area contributed by atoms with Gasteiger partial charge in [0.05, 0.1) is 5.41 Å². The van der Waals surface area contributed by atoms with Crippen molar-refractivity contribution in [1.82, 2.24) is 0 Å². The molecule has 1 N–H and O–H groups in total. The van der Waals surface area contributed by atoms with Gasteiger partial charge in [0, 0.05) is 15.7 Å². The molecule has 0 radical (unpaired) electrons. The first-order valence-electron chi connectivity index (χ1n) is 6.94. The summed E-state index contributed by atoms with van der Waals surface area (Å²) in [4.78, 5) is 12.7. The highest BCUT2D eigenvalue weighted by Gasteiger charge is 2.47. The third-order valence-corrected chi connectivity index (χ3v) is 4.61. The lowest BCUT2D eigenvalue weighted by Gasteiger charge is -2.40. The molecule has 0 heterocycles. The van der Waals surface area contributed by atoms with E-state index in [1.165, 1.54) is 6.07 Å². The highest BCUT2D eigenvalue weighted by Crippen LogP contribution is 2.45. The number of hydrogen-bond acceptors (Lipinski definition) is 1. The van der Waals surface area contributed by atoms with E-state index in [0.717, 1.165) is 16.6 Å². The van der Waals surface area contributed by atoms with E-state index in [2.05, 4.69) is 21.2 Å². The van der Waals surface area contributed by atoms with Gasteiger partial charge in [0.25, 0.3) is 0 Å². The van der Waals surface area contributed by atoms with E-state index in [1.54, 1.807) is 18.2 Å². The molecule has 1 aliphatic carbocycles. The number of halogens is 2. The molecule has 0 aromatic heterocycles. The summed E-state index contributed by atoms with van der Waals surface area (Å²) in [6.45, 7) is 0. The third-order valence-electron chi connectivity index (χ3n) is 4.11. The average molecular weight is 348 g/mol. The molecular formula is C17H15BrFNO. The van der Waals surface area contributed by atoms with Crippen LogP contribution in [0.3, 0.4) is 0 Å². The van der Waals surface area contributed by atoms with Crippen LogP contribution in [0.2, 0.25) is 0 Å². The lowest BCUT2D eigenvalue weighted by atomic mass is 9.63. The second kappa shape index (κ2) is 5.60. The Balaban J connectivity index is 1.90. The van der Waals surface area contributed by atoms with E-state index in [9.17, 15) is 9.18 Å². The smallest absolute Gasteiger partial charge is 0.235 e. The normalized spacial score (nSPS) is 16.1. The van der Waals surface area contributed by atoms with Gasteiger partial charge in [-0.05, 0) is 37.1 Å². The lowest BCUT2D eigenvalue weighted by molar-refractivity contribution is -0.124. The summed E-state index contributed by atoms with van der Waals surface area (Å²) in [5.41, 5.74) is 0.494. The molecular weight excluding hydrogens is 333 g/mol. The molecule has 0 saturated heterocycles. The number of nitrogens with one attached hydrogen (secondary N) is 1. The van der Waals surface area contributed by atoms with Crippen LogP contribution >= 0.6 is 15.9 Å². The van der Waals surface area contributed by atoms with Gasteiger partial charge < -0.3 is 5.32 Å². The predicted molar refractivity (Wildman–Crippen MR) is 84.7 cm³/mol.